The summed E-state index contributed by atoms with van der Waals surface area (Å²) in [5.41, 5.74) is 6.45. The molecule has 1 fully saturated rings. The monoisotopic (exact) mass is 584 g/mol. The predicted octanol–water partition coefficient (Wildman–Crippen LogP) is 7.00. The van der Waals surface area contributed by atoms with Gasteiger partial charge in [-0.1, -0.05) is 60.7 Å². The van der Waals surface area contributed by atoms with E-state index in [1.54, 1.807) is 19.2 Å². The van der Waals surface area contributed by atoms with Crippen molar-refractivity contribution in [1.29, 1.82) is 0 Å². The molecular weight excluding hydrogens is 552 g/mol. The van der Waals surface area contributed by atoms with Crippen molar-refractivity contribution in [2.24, 2.45) is 4.99 Å². The highest BCUT2D eigenvalue weighted by atomic mass is 16.5. The average Bonchev–Trinajstić information content (AvgIpc) is 3.49. The molecule has 3 aliphatic rings. The van der Waals surface area contributed by atoms with E-state index >= 15 is 0 Å². The predicted molar refractivity (Wildman–Crippen MR) is 171 cm³/mol. The molecule has 4 aromatic carbocycles. The van der Waals surface area contributed by atoms with Crippen molar-refractivity contribution >= 4 is 35.2 Å². The first-order valence-electron chi connectivity index (χ1n) is 15.0. The smallest absolute Gasteiger partial charge is 0.256 e. The quantitative estimate of drug-likeness (QED) is 0.184. The summed E-state index contributed by atoms with van der Waals surface area (Å²) >= 11 is 0. The van der Waals surface area contributed by atoms with Gasteiger partial charge in [0.25, 0.3) is 5.91 Å². The number of methoxy groups -OCH3 is 1. The molecule has 1 atom stereocenters. The van der Waals surface area contributed by atoms with Gasteiger partial charge in [-0.2, -0.15) is 0 Å². The van der Waals surface area contributed by atoms with Crippen LogP contribution >= 0.6 is 0 Å². The number of ether oxygens (including phenoxy) is 3. The zero-order valence-electron chi connectivity index (χ0n) is 24.5. The lowest BCUT2D eigenvalue weighted by Crippen LogP contribution is -2.35. The van der Waals surface area contributed by atoms with Crippen LogP contribution in [0.5, 0.6) is 17.2 Å². The van der Waals surface area contributed by atoms with Crippen molar-refractivity contribution in [3.05, 3.63) is 118 Å². The number of carbonyl (C=O) groups excluding carboxylic acids is 2. The Balaban J connectivity index is 1.02. The number of aliphatic imine (C=N–C) groups is 1. The van der Waals surface area contributed by atoms with Gasteiger partial charge < -0.3 is 19.1 Å². The van der Waals surface area contributed by atoms with Gasteiger partial charge in [-0.05, 0) is 59.4 Å². The van der Waals surface area contributed by atoms with Gasteiger partial charge in [-0.15, -0.1) is 0 Å². The summed E-state index contributed by atoms with van der Waals surface area (Å²) in [5, 5.41) is 0. The average molecular weight is 585 g/mol. The second-order valence-electron chi connectivity index (χ2n) is 11.1. The van der Waals surface area contributed by atoms with E-state index in [0.717, 1.165) is 58.5 Å². The van der Waals surface area contributed by atoms with Crippen molar-refractivity contribution in [1.82, 2.24) is 4.90 Å². The van der Waals surface area contributed by atoms with Crippen molar-refractivity contribution in [2.45, 2.75) is 25.3 Å². The molecule has 220 valence electrons. The van der Waals surface area contributed by atoms with Crippen LogP contribution in [0.4, 0.5) is 5.69 Å². The lowest BCUT2D eigenvalue weighted by Gasteiger charge is -2.21. The topological polar surface area (TPSA) is 77.4 Å². The molecule has 0 unspecified atom stereocenters. The molecule has 2 aliphatic heterocycles. The highest BCUT2D eigenvalue weighted by Gasteiger charge is 2.32. The summed E-state index contributed by atoms with van der Waals surface area (Å²) < 4.78 is 17.7. The number of amides is 1. The minimum atomic E-state index is -0.0125. The fraction of sp³-hybridized carbons (Fsp3) is 0.216. The zero-order valence-corrected chi connectivity index (χ0v) is 24.5. The lowest BCUT2D eigenvalue weighted by molar-refractivity contribution is 0.0774. The fourth-order valence-electron chi connectivity index (χ4n) is 6.19. The van der Waals surface area contributed by atoms with Gasteiger partial charge in [-0.3, -0.25) is 14.6 Å². The van der Waals surface area contributed by atoms with Crippen LogP contribution in [-0.2, 0) is 0 Å². The third kappa shape index (κ3) is 5.15. The molecule has 1 amide bonds. The molecule has 2 heterocycles. The molecule has 1 saturated heterocycles. The molecule has 44 heavy (non-hydrogen) atoms. The summed E-state index contributed by atoms with van der Waals surface area (Å²) in [6, 6.07) is 27.0. The van der Waals surface area contributed by atoms with Crippen LogP contribution < -0.4 is 14.2 Å². The molecule has 7 heteroatoms. The Morgan fingerprint density at radius 3 is 2.30 bits per heavy atom. The van der Waals surface area contributed by atoms with Crippen molar-refractivity contribution in [2.75, 3.05) is 26.9 Å². The van der Waals surface area contributed by atoms with Gasteiger partial charge in [0.2, 0.25) is 0 Å². The van der Waals surface area contributed by atoms with E-state index in [4.69, 9.17) is 14.2 Å². The number of hydrogen-bond acceptors (Lipinski definition) is 6. The zero-order chi connectivity index (χ0) is 30.0. The highest BCUT2D eigenvalue weighted by molar-refractivity contribution is 6.20. The summed E-state index contributed by atoms with van der Waals surface area (Å²) in [4.78, 5) is 32.7. The van der Waals surface area contributed by atoms with E-state index in [-0.39, 0.29) is 17.7 Å². The molecule has 7 nitrogen and oxygen atoms in total. The molecule has 0 N–H and O–H groups in total. The second kappa shape index (κ2) is 11.8. The third-order valence-corrected chi connectivity index (χ3v) is 8.37. The molecule has 0 aromatic heterocycles. The maximum Gasteiger partial charge on any atom is 0.256 e. The summed E-state index contributed by atoms with van der Waals surface area (Å²) in [7, 11) is 1.57. The van der Waals surface area contributed by atoms with Gasteiger partial charge >= 0.3 is 0 Å². The van der Waals surface area contributed by atoms with Crippen molar-refractivity contribution in [3.63, 3.8) is 0 Å². The number of benzene rings is 4. The number of hydrogen-bond donors (Lipinski definition) is 0. The summed E-state index contributed by atoms with van der Waals surface area (Å²) in [6.45, 7) is 1.62. The Bertz CT molecular complexity index is 1770. The molecule has 0 saturated carbocycles. The Kier molecular flexibility index (Phi) is 7.44. The maximum atomic E-state index is 13.1. The number of rotatable bonds is 8. The Morgan fingerprint density at radius 1 is 0.818 bits per heavy atom. The van der Waals surface area contributed by atoms with E-state index in [1.807, 2.05) is 83.9 Å². The number of nitrogens with zero attached hydrogens (tertiary/aromatic N) is 2. The summed E-state index contributed by atoms with van der Waals surface area (Å²) in [6.07, 6.45) is 6.56. The number of fused-ring (bicyclic) bond motifs is 4. The van der Waals surface area contributed by atoms with E-state index in [9.17, 15) is 9.59 Å². The highest BCUT2D eigenvalue weighted by Crippen LogP contribution is 2.39. The largest absolute Gasteiger partial charge is 0.493 e. The standard InChI is InChI=1S/C37H32N2O5/c1-42-34-21-32-33(38-23-25-10-7-16-39(25)37(32)41)22-35(34)44-18-8-17-43-26-11-6-9-24(19-26)20-31-27-12-2-4-14-29(27)36(40)30-15-5-3-13-28(30)31/h2-6,9,11-15,19-23,25H,7-8,10,16-18H2,1H3/t25-/m0/s1. The van der Waals surface area contributed by atoms with Crippen LogP contribution in [-0.4, -0.2) is 55.7 Å². The molecule has 0 radical (unpaired) electrons. The van der Waals surface area contributed by atoms with Crippen molar-refractivity contribution in [3.8, 4) is 17.2 Å². The Hall–Kier alpha value is -5.17. The normalized spacial score (nSPS) is 16.4. The van der Waals surface area contributed by atoms with Gasteiger partial charge in [0.05, 0.1) is 37.6 Å². The first kappa shape index (κ1) is 27.7. The maximum absolute atomic E-state index is 13.1. The van der Waals surface area contributed by atoms with Crippen LogP contribution in [0.3, 0.4) is 0 Å². The molecule has 0 bridgehead atoms. The van der Waals surface area contributed by atoms with Gasteiger partial charge in [0.15, 0.2) is 17.3 Å². The second-order valence-corrected chi connectivity index (χ2v) is 11.1. The number of ketones is 1. The van der Waals surface area contributed by atoms with Crippen LogP contribution in [0.1, 0.15) is 62.2 Å². The third-order valence-electron chi connectivity index (χ3n) is 8.37. The van der Waals surface area contributed by atoms with E-state index < -0.39 is 0 Å². The Labute approximate surface area is 256 Å². The number of carbonyl (C=O) groups is 2. The first-order chi connectivity index (χ1) is 21.6. The Morgan fingerprint density at radius 2 is 1.55 bits per heavy atom. The molecule has 7 rings (SSSR count). The SMILES string of the molecule is COc1cc2c(cc1OCCCOc1cccc(C=C3c4ccccc4C(=O)c4ccccc43)c1)N=C[C@@H]1CCCN1C2=O. The fourth-order valence-corrected chi connectivity index (χ4v) is 6.19. The van der Waals surface area contributed by atoms with Gasteiger partial charge in [-0.25, -0.2) is 0 Å². The van der Waals surface area contributed by atoms with Crippen LogP contribution in [0.15, 0.2) is 89.9 Å². The van der Waals surface area contributed by atoms with Crippen molar-refractivity contribution < 1.29 is 23.8 Å². The van der Waals surface area contributed by atoms with Crippen LogP contribution in [0.2, 0.25) is 0 Å². The molecule has 4 aromatic rings. The van der Waals surface area contributed by atoms with Gasteiger partial charge in [0.1, 0.15) is 5.75 Å². The van der Waals surface area contributed by atoms with Crippen LogP contribution in [0.25, 0.3) is 11.6 Å². The molecule has 1 aliphatic carbocycles. The van der Waals surface area contributed by atoms with E-state index in [0.29, 0.717) is 42.4 Å². The minimum Gasteiger partial charge on any atom is -0.493 e. The molecule has 0 spiro atoms. The van der Waals surface area contributed by atoms with Crippen LogP contribution in [0, 0.1) is 0 Å². The molecular formula is C37H32N2O5. The van der Waals surface area contributed by atoms with E-state index in [1.165, 1.54) is 0 Å². The van der Waals surface area contributed by atoms with Gasteiger partial charge in [0, 0.05) is 36.4 Å². The minimum absolute atomic E-state index is 0.0125. The van der Waals surface area contributed by atoms with E-state index in [2.05, 4.69) is 11.1 Å². The lowest BCUT2D eigenvalue weighted by atomic mass is 9.81. The first-order valence-corrected chi connectivity index (χ1v) is 15.0. The summed E-state index contributed by atoms with van der Waals surface area (Å²) in [5.74, 6) is 1.86.